The Bertz CT molecular complexity index is 345. The van der Waals surface area contributed by atoms with Crippen LogP contribution in [-0.2, 0) is 6.42 Å². The van der Waals surface area contributed by atoms with E-state index in [1.54, 1.807) is 0 Å². The molecule has 0 aromatic carbocycles. The lowest BCUT2D eigenvalue weighted by atomic mass is 10.1. The number of pyridine rings is 1. The fraction of sp³-hybridized carbons (Fsp3) is 0.706. The summed E-state index contributed by atoms with van der Waals surface area (Å²) in [6.45, 7) is 3.07. The van der Waals surface area contributed by atoms with Gasteiger partial charge in [-0.05, 0) is 44.5 Å². The van der Waals surface area contributed by atoms with E-state index in [0.717, 1.165) is 38.5 Å². The number of nitrogens with zero attached hydrogens (tertiary/aromatic N) is 2. The molecule has 3 nitrogen and oxygen atoms in total. The first-order chi connectivity index (χ1) is 9.90. The first-order valence-electron chi connectivity index (χ1n) is 8.24. The summed E-state index contributed by atoms with van der Waals surface area (Å²) in [6, 6.07) is 6.97. The van der Waals surface area contributed by atoms with E-state index >= 15 is 0 Å². The third kappa shape index (κ3) is 5.22. The van der Waals surface area contributed by atoms with Crippen molar-refractivity contribution >= 4 is 0 Å². The molecule has 0 unspecified atom stereocenters. The molecule has 1 aromatic rings. The van der Waals surface area contributed by atoms with Crippen molar-refractivity contribution in [3.63, 3.8) is 0 Å². The van der Waals surface area contributed by atoms with Crippen molar-refractivity contribution in [3.8, 4) is 0 Å². The molecule has 2 N–H and O–H groups in total. The summed E-state index contributed by atoms with van der Waals surface area (Å²) in [5.41, 5.74) is 6.91. The summed E-state index contributed by atoms with van der Waals surface area (Å²) in [5, 5.41) is 0. The van der Waals surface area contributed by atoms with Gasteiger partial charge in [0, 0.05) is 30.9 Å². The Morgan fingerprint density at radius 2 is 1.90 bits per heavy atom. The normalized spacial score (nSPS) is 17.3. The van der Waals surface area contributed by atoms with Crippen LogP contribution in [0.4, 0.5) is 0 Å². The molecule has 20 heavy (non-hydrogen) atoms. The Morgan fingerprint density at radius 3 is 2.55 bits per heavy atom. The van der Waals surface area contributed by atoms with Crippen molar-refractivity contribution < 1.29 is 0 Å². The van der Waals surface area contributed by atoms with Gasteiger partial charge in [0.05, 0.1) is 0 Å². The minimum absolute atomic E-state index is 0.771. The average molecular weight is 275 g/mol. The second kappa shape index (κ2) is 9.09. The molecular formula is C17H29N3. The van der Waals surface area contributed by atoms with E-state index in [2.05, 4.69) is 22.0 Å². The van der Waals surface area contributed by atoms with E-state index in [1.165, 1.54) is 44.2 Å². The highest BCUT2D eigenvalue weighted by molar-refractivity contribution is 5.03. The lowest BCUT2D eigenvalue weighted by Gasteiger charge is -2.31. The van der Waals surface area contributed by atoms with E-state index in [1.807, 2.05) is 12.3 Å². The summed E-state index contributed by atoms with van der Waals surface area (Å²) >= 11 is 0. The molecule has 0 radical (unpaired) electrons. The van der Waals surface area contributed by atoms with E-state index in [0.29, 0.717) is 0 Å². The first kappa shape index (κ1) is 15.5. The molecule has 1 aliphatic carbocycles. The molecule has 0 saturated heterocycles. The Balaban J connectivity index is 1.88. The number of hydrogen-bond donors (Lipinski definition) is 1. The minimum Gasteiger partial charge on any atom is -0.330 e. The van der Waals surface area contributed by atoms with Gasteiger partial charge in [-0.15, -0.1) is 0 Å². The van der Waals surface area contributed by atoms with E-state index in [4.69, 9.17) is 5.73 Å². The number of rotatable bonds is 7. The molecule has 1 aliphatic rings. The maximum absolute atomic E-state index is 5.71. The van der Waals surface area contributed by atoms with Gasteiger partial charge < -0.3 is 5.73 Å². The Kier molecular flexibility index (Phi) is 7.02. The molecule has 2 rings (SSSR count). The SMILES string of the molecule is NCCCN(CCc1ccccn1)C1CCCCCC1. The molecule has 0 amide bonds. The zero-order valence-corrected chi connectivity index (χ0v) is 12.6. The van der Waals surface area contributed by atoms with Crippen LogP contribution in [0, 0.1) is 0 Å². The molecule has 112 valence electrons. The van der Waals surface area contributed by atoms with E-state index < -0.39 is 0 Å². The van der Waals surface area contributed by atoms with Crippen LogP contribution in [0.3, 0.4) is 0 Å². The lowest BCUT2D eigenvalue weighted by molar-refractivity contribution is 0.179. The van der Waals surface area contributed by atoms with Crippen LogP contribution in [0.5, 0.6) is 0 Å². The highest BCUT2D eigenvalue weighted by Gasteiger charge is 2.19. The van der Waals surface area contributed by atoms with Gasteiger partial charge in [0.1, 0.15) is 0 Å². The predicted octanol–water partition coefficient (Wildman–Crippen LogP) is 3.00. The Morgan fingerprint density at radius 1 is 1.10 bits per heavy atom. The van der Waals surface area contributed by atoms with E-state index in [9.17, 15) is 0 Å². The van der Waals surface area contributed by atoms with Crippen molar-refractivity contribution in [1.29, 1.82) is 0 Å². The van der Waals surface area contributed by atoms with Gasteiger partial charge in [-0.25, -0.2) is 0 Å². The largest absolute Gasteiger partial charge is 0.330 e. The third-order valence-corrected chi connectivity index (χ3v) is 4.37. The number of hydrogen-bond acceptors (Lipinski definition) is 3. The minimum atomic E-state index is 0.771. The summed E-state index contributed by atoms with van der Waals surface area (Å²) in [5.74, 6) is 0. The summed E-state index contributed by atoms with van der Waals surface area (Å²) in [7, 11) is 0. The Labute approximate surface area is 123 Å². The van der Waals surface area contributed by atoms with Crippen LogP contribution in [0.25, 0.3) is 0 Å². The van der Waals surface area contributed by atoms with E-state index in [-0.39, 0.29) is 0 Å². The standard InChI is InChI=1S/C17H29N3/c18-12-7-14-20(17-9-3-1-2-4-10-17)15-11-16-8-5-6-13-19-16/h5-6,8,13,17H,1-4,7,9-12,14-15,18H2. The molecule has 0 bridgehead atoms. The molecule has 1 aromatic heterocycles. The fourth-order valence-electron chi connectivity index (χ4n) is 3.20. The van der Waals surface area contributed by atoms with Crippen molar-refractivity contribution in [3.05, 3.63) is 30.1 Å². The first-order valence-corrected chi connectivity index (χ1v) is 8.24. The van der Waals surface area contributed by atoms with Crippen LogP contribution in [0.15, 0.2) is 24.4 Å². The molecular weight excluding hydrogens is 246 g/mol. The molecule has 0 spiro atoms. The molecule has 0 aliphatic heterocycles. The average Bonchev–Trinajstić information content (AvgIpc) is 2.78. The summed E-state index contributed by atoms with van der Waals surface area (Å²) < 4.78 is 0. The summed E-state index contributed by atoms with van der Waals surface area (Å²) in [4.78, 5) is 7.12. The van der Waals surface area contributed by atoms with Crippen LogP contribution >= 0.6 is 0 Å². The summed E-state index contributed by atoms with van der Waals surface area (Å²) in [6.07, 6.45) is 12.4. The maximum atomic E-state index is 5.71. The second-order valence-electron chi connectivity index (χ2n) is 5.89. The van der Waals surface area contributed by atoms with Crippen LogP contribution in [0.2, 0.25) is 0 Å². The Hall–Kier alpha value is -0.930. The molecule has 1 fully saturated rings. The van der Waals surface area contributed by atoms with Gasteiger partial charge >= 0.3 is 0 Å². The smallest absolute Gasteiger partial charge is 0.0416 e. The highest BCUT2D eigenvalue weighted by atomic mass is 15.1. The van der Waals surface area contributed by atoms with Gasteiger partial charge in [-0.2, -0.15) is 0 Å². The van der Waals surface area contributed by atoms with Crippen molar-refractivity contribution in [1.82, 2.24) is 9.88 Å². The van der Waals surface area contributed by atoms with Crippen LogP contribution in [-0.4, -0.2) is 35.6 Å². The van der Waals surface area contributed by atoms with Crippen LogP contribution < -0.4 is 5.73 Å². The van der Waals surface area contributed by atoms with Gasteiger partial charge in [0.25, 0.3) is 0 Å². The zero-order chi connectivity index (χ0) is 14.0. The molecule has 1 saturated carbocycles. The monoisotopic (exact) mass is 275 g/mol. The number of nitrogens with two attached hydrogens (primary N) is 1. The van der Waals surface area contributed by atoms with Gasteiger partial charge in [-0.3, -0.25) is 9.88 Å². The third-order valence-electron chi connectivity index (χ3n) is 4.37. The fourth-order valence-corrected chi connectivity index (χ4v) is 3.20. The number of aromatic nitrogens is 1. The van der Waals surface area contributed by atoms with Gasteiger partial charge in [0.2, 0.25) is 0 Å². The molecule has 0 atom stereocenters. The van der Waals surface area contributed by atoms with Gasteiger partial charge in [-0.1, -0.05) is 31.7 Å². The van der Waals surface area contributed by atoms with Crippen LogP contribution in [0.1, 0.15) is 50.6 Å². The predicted molar refractivity (Wildman–Crippen MR) is 84.7 cm³/mol. The van der Waals surface area contributed by atoms with Crippen molar-refractivity contribution in [2.24, 2.45) is 5.73 Å². The second-order valence-corrected chi connectivity index (χ2v) is 5.89. The highest BCUT2D eigenvalue weighted by Crippen LogP contribution is 2.22. The quantitative estimate of drug-likeness (QED) is 0.778. The molecule has 3 heteroatoms. The molecule has 1 heterocycles. The van der Waals surface area contributed by atoms with Crippen molar-refractivity contribution in [2.75, 3.05) is 19.6 Å². The lowest BCUT2D eigenvalue weighted by Crippen LogP contribution is -2.38. The van der Waals surface area contributed by atoms with Crippen molar-refractivity contribution in [2.45, 2.75) is 57.4 Å². The maximum Gasteiger partial charge on any atom is 0.0416 e. The zero-order valence-electron chi connectivity index (χ0n) is 12.6. The van der Waals surface area contributed by atoms with Gasteiger partial charge in [0.15, 0.2) is 0 Å². The topological polar surface area (TPSA) is 42.1 Å².